The largest absolute Gasteiger partial charge is 0.460 e. The maximum absolute atomic E-state index is 14.7. The Kier molecular flexibility index (Phi) is 7.44. The Morgan fingerprint density at radius 2 is 1.36 bits per heavy atom. The van der Waals surface area contributed by atoms with Gasteiger partial charge >= 0.3 is 23.9 Å². The first-order valence-electron chi connectivity index (χ1n) is 9.39. The second-order valence-electron chi connectivity index (χ2n) is 7.59. The van der Waals surface area contributed by atoms with Crippen LogP contribution >= 0.6 is 46.4 Å². The topological polar surface area (TPSA) is 58.2 Å². The fraction of sp³-hybridized carbons (Fsp3) is 0.300. The molecule has 2 N–H and O–H groups in total. The average molecular weight is 604 g/mol. The maximum Gasteiger partial charge on any atom is 0.460 e. The summed E-state index contributed by atoms with van der Waals surface area (Å²) in [5.41, 5.74) is -1.60. The van der Waals surface area contributed by atoms with Crippen LogP contribution < -0.4 is 10.6 Å². The third-order valence-corrected chi connectivity index (χ3v) is 6.50. The fourth-order valence-corrected chi connectivity index (χ4v) is 4.65. The van der Waals surface area contributed by atoms with Crippen LogP contribution in [0.25, 0.3) is 0 Å². The van der Waals surface area contributed by atoms with Gasteiger partial charge in [0.05, 0.1) is 17.3 Å². The predicted octanol–water partition coefficient (Wildman–Crippen LogP) is 7.43. The van der Waals surface area contributed by atoms with E-state index in [9.17, 15) is 44.7 Å². The molecule has 1 saturated carbocycles. The molecule has 1 fully saturated rings. The van der Waals surface area contributed by atoms with Crippen molar-refractivity contribution in [3.8, 4) is 0 Å². The quantitative estimate of drug-likeness (QED) is 0.266. The van der Waals surface area contributed by atoms with Crippen molar-refractivity contribution >= 4 is 69.6 Å². The van der Waals surface area contributed by atoms with Crippen molar-refractivity contribution in [1.82, 2.24) is 0 Å². The second kappa shape index (κ2) is 9.38. The summed E-state index contributed by atoms with van der Waals surface area (Å²) in [4.78, 5) is 24.2. The van der Waals surface area contributed by atoms with Gasteiger partial charge in [0.15, 0.2) is 5.82 Å². The first kappa shape index (κ1) is 28.5. The van der Waals surface area contributed by atoms with Gasteiger partial charge in [0, 0.05) is 16.0 Å². The van der Waals surface area contributed by atoms with Crippen LogP contribution in [0, 0.1) is 11.7 Å². The molecule has 0 unspecified atom stereocenters. The van der Waals surface area contributed by atoms with Gasteiger partial charge in [-0.25, -0.2) is 4.39 Å². The highest BCUT2D eigenvalue weighted by Gasteiger charge is 2.76. The molecule has 16 heteroatoms. The van der Waals surface area contributed by atoms with Gasteiger partial charge in [-0.15, -0.1) is 23.2 Å². The lowest BCUT2D eigenvalue weighted by Crippen LogP contribution is -2.57. The molecule has 1 aliphatic rings. The molecule has 36 heavy (non-hydrogen) atoms. The Morgan fingerprint density at radius 1 is 0.861 bits per heavy atom. The number of alkyl halides is 9. The molecule has 0 saturated heterocycles. The number of hydrogen-bond acceptors (Lipinski definition) is 2. The van der Waals surface area contributed by atoms with Crippen LogP contribution in [0.1, 0.15) is 11.5 Å². The van der Waals surface area contributed by atoms with Gasteiger partial charge in [0.2, 0.25) is 5.91 Å². The average Bonchev–Trinajstić information content (AvgIpc) is 3.31. The minimum absolute atomic E-state index is 0.204. The van der Waals surface area contributed by atoms with E-state index in [1.165, 1.54) is 18.2 Å². The van der Waals surface area contributed by atoms with Crippen LogP contribution in [0.2, 0.25) is 10.0 Å². The molecule has 0 heterocycles. The van der Waals surface area contributed by atoms with E-state index in [-0.39, 0.29) is 10.0 Å². The molecule has 0 aromatic heterocycles. The van der Waals surface area contributed by atoms with E-state index in [0.29, 0.717) is 11.6 Å². The van der Waals surface area contributed by atoms with Gasteiger partial charge in [-0.3, -0.25) is 9.59 Å². The van der Waals surface area contributed by atoms with E-state index in [1.807, 2.05) is 5.32 Å². The fourth-order valence-electron chi connectivity index (χ4n) is 3.28. The summed E-state index contributed by atoms with van der Waals surface area (Å²) in [6.07, 6.45) is -6.77. The van der Waals surface area contributed by atoms with Gasteiger partial charge in [-0.05, 0) is 35.9 Å². The van der Waals surface area contributed by atoms with E-state index in [4.69, 9.17) is 46.4 Å². The van der Waals surface area contributed by atoms with E-state index < -0.39 is 63.2 Å². The van der Waals surface area contributed by atoms with Gasteiger partial charge < -0.3 is 10.6 Å². The minimum atomic E-state index is -6.77. The highest BCUT2D eigenvalue weighted by molar-refractivity contribution is 6.53. The first-order chi connectivity index (χ1) is 16.3. The van der Waals surface area contributed by atoms with E-state index in [0.717, 1.165) is 17.4 Å². The van der Waals surface area contributed by atoms with Gasteiger partial charge in [-0.2, -0.15) is 30.7 Å². The standard InChI is InChI=1S/C20H10Cl4F8N2O2/c21-8-4-7(5-9(22)6-8)12-13(17(12,23)24)15(35)33-10-2-1-3-11(14(10)25)34-16(36)18(26,27)19(28,29)20(30,31)32/h1-6,12-13H,(H,33,35)(H,34,36)/t12-,13+/m0/s1. The van der Waals surface area contributed by atoms with Crippen LogP contribution in [-0.4, -0.2) is 34.2 Å². The number of rotatable bonds is 6. The van der Waals surface area contributed by atoms with E-state index in [1.54, 1.807) is 0 Å². The van der Waals surface area contributed by atoms with Crippen molar-refractivity contribution in [2.24, 2.45) is 5.92 Å². The molecule has 0 aliphatic heterocycles. The summed E-state index contributed by atoms with van der Waals surface area (Å²) in [6, 6.07) is 6.63. The number of carbonyl (C=O) groups excluding carboxylic acids is 2. The van der Waals surface area contributed by atoms with Crippen LogP contribution in [0.15, 0.2) is 36.4 Å². The van der Waals surface area contributed by atoms with Crippen molar-refractivity contribution in [2.45, 2.75) is 28.3 Å². The molecular weight excluding hydrogens is 594 g/mol. The van der Waals surface area contributed by atoms with Crippen LogP contribution in [0.3, 0.4) is 0 Å². The third kappa shape index (κ3) is 5.05. The monoisotopic (exact) mass is 602 g/mol. The number of benzene rings is 2. The predicted molar refractivity (Wildman–Crippen MR) is 117 cm³/mol. The molecule has 3 rings (SSSR count). The van der Waals surface area contributed by atoms with Crippen molar-refractivity contribution in [1.29, 1.82) is 0 Å². The number of halogens is 12. The number of carbonyl (C=O) groups is 2. The lowest BCUT2D eigenvalue weighted by atomic mass is 10.1. The number of hydrogen-bond donors (Lipinski definition) is 2. The smallest absolute Gasteiger partial charge is 0.323 e. The maximum atomic E-state index is 14.7. The Hall–Kier alpha value is -2.02. The highest BCUT2D eigenvalue weighted by Crippen LogP contribution is 2.65. The molecule has 0 bridgehead atoms. The Labute approximate surface area is 216 Å². The number of anilines is 2. The summed E-state index contributed by atoms with van der Waals surface area (Å²) in [5.74, 6) is -20.8. The summed E-state index contributed by atoms with van der Waals surface area (Å²) < 4.78 is 103. The number of nitrogens with one attached hydrogen (secondary N) is 2. The molecule has 2 aromatic carbocycles. The van der Waals surface area contributed by atoms with Crippen LogP contribution in [-0.2, 0) is 9.59 Å². The minimum Gasteiger partial charge on any atom is -0.323 e. The molecule has 196 valence electrons. The van der Waals surface area contributed by atoms with Gasteiger partial charge in [-0.1, -0.05) is 29.3 Å². The molecule has 2 aromatic rings. The normalized spacial score (nSPS) is 19.6. The summed E-state index contributed by atoms with van der Waals surface area (Å²) in [5, 5.41) is 3.43. The Balaban J connectivity index is 1.80. The van der Waals surface area contributed by atoms with Crippen LogP contribution in [0.4, 0.5) is 46.5 Å². The molecule has 0 spiro atoms. The second-order valence-corrected chi connectivity index (χ2v) is 9.91. The SMILES string of the molecule is O=C(Nc1cccc(NC(=O)C(F)(F)C(F)(F)C(F)(F)F)c1F)[C@H]1[C@H](c2cc(Cl)cc(Cl)c2)C1(Cl)Cl. The van der Waals surface area contributed by atoms with Crippen molar-refractivity contribution < 1.29 is 44.7 Å². The Morgan fingerprint density at radius 3 is 1.86 bits per heavy atom. The van der Waals surface area contributed by atoms with E-state index in [2.05, 4.69) is 0 Å². The van der Waals surface area contributed by atoms with Gasteiger partial charge in [0.1, 0.15) is 4.33 Å². The lowest BCUT2D eigenvalue weighted by Gasteiger charge is -2.27. The van der Waals surface area contributed by atoms with E-state index >= 15 is 0 Å². The zero-order chi connectivity index (χ0) is 27.4. The summed E-state index contributed by atoms with van der Waals surface area (Å²) in [7, 11) is 0. The van der Waals surface area contributed by atoms with Crippen molar-refractivity contribution in [3.63, 3.8) is 0 Å². The molecule has 4 nitrogen and oxygen atoms in total. The highest BCUT2D eigenvalue weighted by atomic mass is 35.5. The van der Waals surface area contributed by atoms with Crippen LogP contribution in [0.5, 0.6) is 0 Å². The zero-order valence-corrected chi connectivity index (χ0v) is 20.0. The summed E-state index contributed by atoms with van der Waals surface area (Å²) in [6.45, 7) is 0. The zero-order valence-electron chi connectivity index (χ0n) is 17.0. The molecule has 0 radical (unpaired) electrons. The molecular formula is C20H10Cl4F8N2O2. The summed E-state index contributed by atoms with van der Waals surface area (Å²) >= 11 is 24.2. The lowest BCUT2D eigenvalue weighted by molar-refractivity contribution is -0.343. The molecule has 1 aliphatic carbocycles. The third-order valence-electron chi connectivity index (χ3n) is 5.12. The molecule has 2 atom stereocenters. The number of amides is 2. The first-order valence-corrected chi connectivity index (χ1v) is 10.9. The van der Waals surface area contributed by atoms with Crippen molar-refractivity contribution in [3.05, 3.63) is 57.8 Å². The molecule has 2 amide bonds. The van der Waals surface area contributed by atoms with Gasteiger partial charge in [0.25, 0.3) is 0 Å². The Bertz CT molecular complexity index is 1200. The van der Waals surface area contributed by atoms with Crippen molar-refractivity contribution in [2.75, 3.05) is 10.6 Å².